The van der Waals surface area contributed by atoms with Crippen molar-refractivity contribution >= 4 is 17.0 Å². The van der Waals surface area contributed by atoms with E-state index in [1.807, 2.05) is 11.9 Å². The molecule has 2 N–H and O–H groups in total. The number of hydrogen-bond acceptors (Lipinski definition) is 7. The summed E-state index contributed by atoms with van der Waals surface area (Å²) in [5.74, 6) is 0.709. The highest BCUT2D eigenvalue weighted by molar-refractivity contribution is 5.83. The minimum atomic E-state index is -0.697. The van der Waals surface area contributed by atoms with Crippen LogP contribution in [0.3, 0.4) is 0 Å². The van der Waals surface area contributed by atoms with Gasteiger partial charge < -0.3 is 19.8 Å². The van der Waals surface area contributed by atoms with E-state index in [-0.39, 0.29) is 6.61 Å². The molecule has 1 saturated heterocycles. The Hall–Kier alpha value is -2.03. The molecule has 1 aliphatic rings. The summed E-state index contributed by atoms with van der Waals surface area (Å²) in [6.45, 7) is 4.15. The molecule has 3 heterocycles. The van der Waals surface area contributed by atoms with E-state index in [1.165, 1.54) is 6.33 Å². The topological polar surface area (TPSA) is 96.5 Å². The zero-order chi connectivity index (χ0) is 15.7. The van der Waals surface area contributed by atoms with Gasteiger partial charge in [-0.25, -0.2) is 15.0 Å². The third kappa shape index (κ3) is 2.45. The van der Waals surface area contributed by atoms with Crippen LogP contribution in [-0.4, -0.2) is 62.1 Å². The zero-order valence-electron chi connectivity index (χ0n) is 12.3. The lowest BCUT2D eigenvalue weighted by molar-refractivity contribution is -0.0432. The number of fused-ring (bicyclic) bond motifs is 1. The van der Waals surface area contributed by atoms with Crippen LogP contribution in [-0.2, 0) is 4.74 Å². The number of nitrogens with zero attached hydrogens (tertiary/aromatic N) is 5. The van der Waals surface area contributed by atoms with Crippen molar-refractivity contribution in [3.63, 3.8) is 0 Å². The van der Waals surface area contributed by atoms with Crippen LogP contribution in [0.5, 0.6) is 0 Å². The van der Waals surface area contributed by atoms with Crippen LogP contribution in [0.2, 0.25) is 0 Å². The van der Waals surface area contributed by atoms with E-state index in [9.17, 15) is 10.2 Å². The number of aromatic nitrogens is 4. The molecule has 0 radical (unpaired) electrons. The van der Waals surface area contributed by atoms with Crippen LogP contribution in [0.25, 0.3) is 11.2 Å². The summed E-state index contributed by atoms with van der Waals surface area (Å²) in [6, 6.07) is 0. The average Bonchev–Trinajstić information content (AvgIpc) is 3.10. The minimum Gasteiger partial charge on any atom is -0.394 e. The fraction of sp³-hybridized carbons (Fsp3) is 0.500. The van der Waals surface area contributed by atoms with E-state index < -0.39 is 18.4 Å². The lowest BCUT2D eigenvalue weighted by Crippen LogP contribution is -2.24. The third-order valence-electron chi connectivity index (χ3n) is 3.80. The van der Waals surface area contributed by atoms with Crippen molar-refractivity contribution < 1.29 is 14.9 Å². The van der Waals surface area contributed by atoms with Gasteiger partial charge in [0.2, 0.25) is 0 Å². The maximum atomic E-state index is 9.87. The molecule has 8 heteroatoms. The minimum absolute atomic E-state index is 0.216. The number of aliphatic hydroxyl groups is 2. The molecule has 118 valence electrons. The van der Waals surface area contributed by atoms with E-state index in [0.29, 0.717) is 29.9 Å². The number of ether oxygens (including phenoxy) is 1. The first kappa shape index (κ1) is 14.9. The Morgan fingerprint density at radius 2 is 2.32 bits per heavy atom. The molecular weight excluding hydrogens is 286 g/mol. The number of hydrogen-bond donors (Lipinski definition) is 2. The van der Waals surface area contributed by atoms with Crippen LogP contribution >= 0.6 is 0 Å². The largest absolute Gasteiger partial charge is 0.394 e. The van der Waals surface area contributed by atoms with Gasteiger partial charge in [-0.2, -0.15) is 0 Å². The predicted octanol–water partition coefficient (Wildman–Crippen LogP) is 0.0892. The van der Waals surface area contributed by atoms with Crippen molar-refractivity contribution in [2.24, 2.45) is 0 Å². The molecular formula is C14H19N5O3. The van der Waals surface area contributed by atoms with Crippen molar-refractivity contribution in [3.05, 3.63) is 25.3 Å². The van der Waals surface area contributed by atoms with Crippen molar-refractivity contribution in [2.45, 2.75) is 24.9 Å². The van der Waals surface area contributed by atoms with Gasteiger partial charge in [-0.3, -0.25) is 4.57 Å². The summed E-state index contributed by atoms with van der Waals surface area (Å²) in [5, 5.41) is 19.1. The van der Waals surface area contributed by atoms with Crippen molar-refractivity contribution in [3.8, 4) is 0 Å². The highest BCUT2D eigenvalue weighted by atomic mass is 16.5. The Morgan fingerprint density at radius 1 is 1.50 bits per heavy atom. The second kappa shape index (κ2) is 5.99. The fourth-order valence-corrected chi connectivity index (χ4v) is 2.66. The molecule has 0 spiro atoms. The second-order valence-corrected chi connectivity index (χ2v) is 5.31. The molecule has 0 aromatic carbocycles. The Labute approximate surface area is 127 Å². The Bertz CT molecular complexity index is 674. The number of aliphatic hydroxyl groups excluding tert-OH is 2. The molecule has 2 aromatic rings. The summed E-state index contributed by atoms with van der Waals surface area (Å²) < 4.78 is 7.42. The first-order valence-electron chi connectivity index (χ1n) is 7.09. The molecule has 0 aliphatic carbocycles. The molecule has 22 heavy (non-hydrogen) atoms. The van der Waals surface area contributed by atoms with Gasteiger partial charge in [0, 0.05) is 20.0 Å². The highest BCUT2D eigenvalue weighted by Crippen LogP contribution is 2.31. The van der Waals surface area contributed by atoms with Crippen LogP contribution in [0.4, 0.5) is 5.82 Å². The smallest absolute Gasteiger partial charge is 0.167 e. The summed E-state index contributed by atoms with van der Waals surface area (Å²) in [7, 11) is 1.90. The van der Waals surface area contributed by atoms with Crippen LogP contribution in [0, 0.1) is 0 Å². The van der Waals surface area contributed by atoms with Gasteiger partial charge in [-0.05, 0) is 0 Å². The lowest BCUT2D eigenvalue weighted by Gasteiger charge is -2.16. The molecule has 1 aliphatic heterocycles. The van der Waals surface area contributed by atoms with Gasteiger partial charge in [0.15, 0.2) is 17.0 Å². The first-order chi connectivity index (χ1) is 10.7. The number of rotatable bonds is 5. The van der Waals surface area contributed by atoms with Crippen LogP contribution in [0.1, 0.15) is 12.6 Å². The van der Waals surface area contributed by atoms with Crippen molar-refractivity contribution in [1.82, 2.24) is 19.5 Å². The van der Waals surface area contributed by atoms with Gasteiger partial charge >= 0.3 is 0 Å². The van der Waals surface area contributed by atoms with Gasteiger partial charge in [-0.15, -0.1) is 6.58 Å². The molecule has 0 amide bonds. The lowest BCUT2D eigenvalue weighted by atomic mass is 10.2. The van der Waals surface area contributed by atoms with Gasteiger partial charge in [0.05, 0.1) is 19.0 Å². The fourth-order valence-electron chi connectivity index (χ4n) is 2.66. The van der Waals surface area contributed by atoms with Gasteiger partial charge in [0.25, 0.3) is 0 Å². The molecule has 3 unspecified atom stereocenters. The third-order valence-corrected chi connectivity index (χ3v) is 3.80. The molecule has 1 fully saturated rings. The Morgan fingerprint density at radius 3 is 3.00 bits per heavy atom. The molecule has 3 rings (SSSR count). The molecule has 8 nitrogen and oxygen atoms in total. The summed E-state index contributed by atoms with van der Waals surface area (Å²) >= 11 is 0. The number of anilines is 1. The second-order valence-electron chi connectivity index (χ2n) is 5.31. The Kier molecular flexibility index (Phi) is 4.06. The zero-order valence-corrected chi connectivity index (χ0v) is 12.3. The van der Waals surface area contributed by atoms with Crippen LogP contribution < -0.4 is 4.90 Å². The van der Waals surface area contributed by atoms with E-state index in [4.69, 9.17) is 4.74 Å². The molecule has 3 atom stereocenters. The normalized spacial score (nSPS) is 24.8. The van der Waals surface area contributed by atoms with E-state index in [1.54, 1.807) is 17.0 Å². The summed E-state index contributed by atoms with van der Waals surface area (Å²) in [5.41, 5.74) is 1.30. The predicted molar refractivity (Wildman–Crippen MR) is 80.4 cm³/mol. The summed E-state index contributed by atoms with van der Waals surface area (Å²) in [4.78, 5) is 14.9. The van der Waals surface area contributed by atoms with Gasteiger partial charge in [0.1, 0.15) is 18.7 Å². The quantitative estimate of drug-likeness (QED) is 0.756. The maximum Gasteiger partial charge on any atom is 0.167 e. The molecule has 2 aromatic heterocycles. The monoisotopic (exact) mass is 305 g/mol. The highest BCUT2D eigenvalue weighted by Gasteiger charge is 2.35. The number of likely N-dealkylation sites (N-methyl/N-ethyl adjacent to an activating group) is 1. The average molecular weight is 305 g/mol. The van der Waals surface area contributed by atoms with E-state index in [0.717, 1.165) is 0 Å². The van der Waals surface area contributed by atoms with Gasteiger partial charge in [-0.1, -0.05) is 6.08 Å². The standard InChI is InChI=1S/C14H19N5O3/c1-3-4-18(2)13-12-14(16-7-15-13)19(8-17-12)11-5-9(21)10(6-20)22-11/h3,7-11,20-21H,1,4-6H2,2H3. The van der Waals surface area contributed by atoms with E-state index >= 15 is 0 Å². The first-order valence-corrected chi connectivity index (χ1v) is 7.09. The van der Waals surface area contributed by atoms with Crippen molar-refractivity contribution in [2.75, 3.05) is 25.1 Å². The Balaban J connectivity index is 1.96. The molecule has 0 saturated carbocycles. The van der Waals surface area contributed by atoms with E-state index in [2.05, 4.69) is 21.5 Å². The molecule has 0 bridgehead atoms. The SMILES string of the molecule is C=CCN(C)c1ncnc2c1ncn2C1CC(O)C(CO)O1. The number of imidazole rings is 1. The van der Waals surface area contributed by atoms with Crippen molar-refractivity contribution in [1.29, 1.82) is 0 Å². The van der Waals surface area contributed by atoms with Crippen LogP contribution in [0.15, 0.2) is 25.3 Å². The summed E-state index contributed by atoms with van der Waals surface area (Å²) in [6.07, 6.45) is 3.60. The maximum absolute atomic E-state index is 9.87.